The Bertz CT molecular complexity index is 1820. The summed E-state index contributed by atoms with van der Waals surface area (Å²) in [6.07, 6.45) is 3.00. The van der Waals surface area contributed by atoms with E-state index >= 15 is 4.39 Å². The van der Waals surface area contributed by atoms with Crippen LogP contribution in [0.2, 0.25) is 5.02 Å². The summed E-state index contributed by atoms with van der Waals surface area (Å²) < 4.78 is 19.7. The Morgan fingerprint density at radius 1 is 1.27 bits per heavy atom. The lowest BCUT2D eigenvalue weighted by atomic mass is 10.0. The van der Waals surface area contributed by atoms with Crippen LogP contribution in [0.3, 0.4) is 0 Å². The summed E-state index contributed by atoms with van der Waals surface area (Å²) in [5.74, 6) is -0.280. The van der Waals surface area contributed by atoms with Gasteiger partial charge in [-0.25, -0.2) is 13.8 Å². The minimum absolute atomic E-state index is 0.0249. The third-order valence-electron chi connectivity index (χ3n) is 7.88. The van der Waals surface area contributed by atoms with Gasteiger partial charge in [-0.2, -0.15) is 4.98 Å². The third-order valence-corrected chi connectivity index (χ3v) is 8.21. The fraction of sp³-hybridized carbons (Fsp3) is 0.300. The molecule has 2 N–H and O–H groups in total. The zero-order valence-corrected chi connectivity index (χ0v) is 23.8. The lowest BCUT2D eigenvalue weighted by Crippen LogP contribution is -2.54. The van der Waals surface area contributed by atoms with Gasteiger partial charge in [0.2, 0.25) is 5.91 Å². The smallest absolute Gasteiger partial charge is 0.399 e. The standard InChI is InChI=1S/C30H30ClFN7O2/c1-5-24(40)36-10-11-37(17(4)14-36)28-21-13-23(32)27(20-12-19(33)6-7-22(20)31)38-15-18-8-9-34-25(16(2)3)26(18)39(29(21)38)30(41)35-28/h5-9,12-13,16-17H,1,10-11,14-15,33H2,2-4H3/q+1/t17-/m0/s1. The van der Waals surface area contributed by atoms with Gasteiger partial charge < -0.3 is 15.5 Å². The van der Waals surface area contributed by atoms with Crippen LogP contribution in [-0.2, 0) is 11.3 Å². The Hall–Kier alpha value is -4.31. The Morgan fingerprint density at radius 2 is 2.05 bits per heavy atom. The first-order chi connectivity index (χ1) is 19.6. The molecule has 6 rings (SSSR count). The number of nitrogens with zero attached hydrogens (tertiary/aromatic N) is 6. The molecular formula is C30H30ClFN7O2+. The van der Waals surface area contributed by atoms with Crippen molar-refractivity contribution < 1.29 is 13.8 Å². The number of amides is 1. The van der Waals surface area contributed by atoms with E-state index in [-0.39, 0.29) is 30.1 Å². The molecule has 0 unspecified atom stereocenters. The summed E-state index contributed by atoms with van der Waals surface area (Å²) in [6.45, 7) is 11.1. The molecule has 2 aliphatic heterocycles. The van der Waals surface area contributed by atoms with Crippen molar-refractivity contribution in [3.63, 3.8) is 0 Å². The number of anilines is 2. The predicted molar refractivity (Wildman–Crippen MR) is 157 cm³/mol. The Balaban J connectivity index is 1.68. The van der Waals surface area contributed by atoms with Crippen molar-refractivity contribution in [3.8, 4) is 16.9 Å². The maximum absolute atomic E-state index is 16.3. The van der Waals surface area contributed by atoms with Crippen LogP contribution in [0.15, 0.2) is 54.0 Å². The van der Waals surface area contributed by atoms with Gasteiger partial charge in [-0.1, -0.05) is 32.0 Å². The first-order valence-electron chi connectivity index (χ1n) is 13.5. The third kappa shape index (κ3) is 4.24. The Kier molecular flexibility index (Phi) is 6.53. The first-order valence-corrected chi connectivity index (χ1v) is 13.9. The average molecular weight is 575 g/mol. The van der Waals surface area contributed by atoms with Crippen LogP contribution in [0.5, 0.6) is 0 Å². The van der Waals surface area contributed by atoms with Gasteiger partial charge in [0.15, 0.2) is 23.0 Å². The fourth-order valence-electron chi connectivity index (χ4n) is 6.00. The highest BCUT2D eigenvalue weighted by Crippen LogP contribution is 2.37. The predicted octanol–water partition coefficient (Wildman–Crippen LogP) is 3.82. The number of carbonyl (C=O) groups is 1. The van der Waals surface area contributed by atoms with Crippen LogP contribution >= 0.6 is 11.6 Å². The molecule has 1 saturated heterocycles. The summed E-state index contributed by atoms with van der Waals surface area (Å²) in [6, 6.07) is 8.02. The molecular weight excluding hydrogens is 545 g/mol. The van der Waals surface area contributed by atoms with Crippen molar-refractivity contribution in [2.45, 2.75) is 39.3 Å². The Labute approximate surface area is 241 Å². The number of halogens is 2. The first kappa shape index (κ1) is 26.9. The van der Waals surface area contributed by atoms with Gasteiger partial charge in [-0.3, -0.25) is 9.78 Å². The molecule has 0 spiro atoms. The van der Waals surface area contributed by atoms with E-state index in [0.29, 0.717) is 58.4 Å². The van der Waals surface area contributed by atoms with E-state index in [2.05, 4.69) is 16.5 Å². The molecule has 0 bridgehead atoms. The van der Waals surface area contributed by atoms with Crippen molar-refractivity contribution in [1.29, 1.82) is 0 Å². The van der Waals surface area contributed by atoms with E-state index in [1.807, 2.05) is 31.7 Å². The summed E-state index contributed by atoms with van der Waals surface area (Å²) in [4.78, 5) is 39.1. The Morgan fingerprint density at radius 3 is 2.76 bits per heavy atom. The van der Waals surface area contributed by atoms with Gasteiger partial charge >= 0.3 is 11.3 Å². The van der Waals surface area contributed by atoms with Gasteiger partial charge in [0.05, 0.1) is 10.7 Å². The number of pyridine rings is 2. The molecule has 9 nitrogen and oxygen atoms in total. The lowest BCUT2D eigenvalue weighted by molar-refractivity contribution is -0.656. The second-order valence-electron chi connectivity index (χ2n) is 10.8. The van der Waals surface area contributed by atoms with Crippen LogP contribution in [0.1, 0.15) is 37.9 Å². The molecule has 0 saturated carbocycles. The van der Waals surface area contributed by atoms with Crippen LogP contribution in [0, 0.1) is 5.82 Å². The number of piperazine rings is 1. The zero-order chi connectivity index (χ0) is 29.2. The molecule has 5 heterocycles. The number of nitrogen functional groups attached to an aromatic ring is 1. The highest BCUT2D eigenvalue weighted by molar-refractivity contribution is 6.33. The van der Waals surface area contributed by atoms with E-state index in [9.17, 15) is 9.59 Å². The van der Waals surface area contributed by atoms with Gasteiger partial charge in [0.25, 0.3) is 0 Å². The highest BCUT2D eigenvalue weighted by Gasteiger charge is 2.38. The molecule has 2 aliphatic rings. The molecule has 0 radical (unpaired) electrons. The lowest BCUT2D eigenvalue weighted by Gasteiger charge is -2.40. The van der Waals surface area contributed by atoms with E-state index in [1.165, 1.54) is 12.1 Å². The fourth-order valence-corrected chi connectivity index (χ4v) is 6.21. The van der Waals surface area contributed by atoms with Gasteiger partial charge in [-0.15, -0.1) is 4.57 Å². The van der Waals surface area contributed by atoms with Crippen molar-refractivity contribution in [1.82, 2.24) is 19.4 Å². The monoisotopic (exact) mass is 574 g/mol. The van der Waals surface area contributed by atoms with Crippen molar-refractivity contribution >= 4 is 40.0 Å². The second-order valence-corrected chi connectivity index (χ2v) is 11.3. The molecule has 4 aromatic rings. The molecule has 1 atom stereocenters. The molecule has 1 aromatic carbocycles. The molecule has 0 aliphatic carbocycles. The van der Waals surface area contributed by atoms with Crippen molar-refractivity contribution in [3.05, 3.63) is 81.8 Å². The number of benzene rings is 1. The average Bonchev–Trinajstić information content (AvgIpc) is 2.94. The number of hydrogen-bond donors (Lipinski definition) is 1. The quantitative estimate of drug-likeness (QED) is 0.199. The number of carbonyl (C=O) groups excluding carboxylic acids is 1. The molecule has 11 heteroatoms. The van der Waals surface area contributed by atoms with Crippen LogP contribution in [-0.4, -0.2) is 51.0 Å². The zero-order valence-electron chi connectivity index (χ0n) is 23.1. The van der Waals surface area contributed by atoms with Gasteiger partial charge in [-0.05, 0) is 49.2 Å². The largest absolute Gasteiger partial charge is 0.442 e. The summed E-state index contributed by atoms with van der Waals surface area (Å²) in [5.41, 5.74) is 9.42. The number of rotatable bonds is 4. The van der Waals surface area contributed by atoms with Crippen LogP contribution < -0.4 is 20.9 Å². The highest BCUT2D eigenvalue weighted by atomic mass is 35.5. The maximum atomic E-state index is 16.3. The van der Waals surface area contributed by atoms with E-state index in [0.717, 1.165) is 11.3 Å². The summed E-state index contributed by atoms with van der Waals surface area (Å²) in [7, 11) is 0. The second kappa shape index (κ2) is 9.95. The molecule has 3 aromatic heterocycles. The SMILES string of the molecule is C=CC(=O)N1CCN(c2nc(=O)n3c4c2cc(F)c(-c2cc(N)ccc2Cl)[n+]4Cc2ccnc(C(C)C)c2-3)[C@@H](C)C1. The topological polar surface area (TPSA) is 101 Å². The molecule has 1 fully saturated rings. The number of nitrogens with two attached hydrogens (primary N) is 1. The minimum atomic E-state index is -0.520. The summed E-state index contributed by atoms with van der Waals surface area (Å²) >= 11 is 6.59. The van der Waals surface area contributed by atoms with Crippen molar-refractivity contribution in [2.24, 2.45) is 0 Å². The number of aromatic nitrogens is 4. The van der Waals surface area contributed by atoms with Crippen molar-refractivity contribution in [2.75, 3.05) is 30.3 Å². The number of fused-ring (bicyclic) bond motifs is 2. The van der Waals surface area contributed by atoms with E-state index in [4.69, 9.17) is 17.3 Å². The van der Waals surface area contributed by atoms with Crippen LogP contribution in [0.25, 0.3) is 28.0 Å². The van der Waals surface area contributed by atoms with Gasteiger partial charge in [0, 0.05) is 48.7 Å². The maximum Gasteiger partial charge on any atom is 0.442 e. The molecule has 210 valence electrons. The molecule has 1 amide bonds. The molecule has 41 heavy (non-hydrogen) atoms. The summed E-state index contributed by atoms with van der Waals surface area (Å²) in [5, 5.41) is 0.815. The normalized spacial score (nSPS) is 16.3. The minimum Gasteiger partial charge on any atom is -0.399 e. The van der Waals surface area contributed by atoms with Crippen LogP contribution in [0.4, 0.5) is 15.9 Å². The van der Waals surface area contributed by atoms with E-state index < -0.39 is 11.5 Å². The van der Waals surface area contributed by atoms with E-state index in [1.54, 1.807) is 38.4 Å². The number of hydrogen-bond acceptors (Lipinski definition) is 6. The van der Waals surface area contributed by atoms with Gasteiger partial charge in [0.1, 0.15) is 11.9 Å².